The number of methoxy groups -OCH3 is 1. The van der Waals surface area contributed by atoms with Crippen LogP contribution in [0, 0.1) is 0 Å². The Morgan fingerprint density at radius 1 is 1.21 bits per heavy atom. The molecule has 0 atom stereocenters. The summed E-state index contributed by atoms with van der Waals surface area (Å²) >= 11 is 0. The third-order valence-corrected chi connectivity index (χ3v) is 3.05. The molecular formula is C15H20N2O2. The molecule has 0 saturated carbocycles. The van der Waals surface area contributed by atoms with Crippen LogP contribution in [0.1, 0.15) is 16.7 Å². The number of benzene rings is 1. The van der Waals surface area contributed by atoms with Gasteiger partial charge in [0.25, 0.3) is 0 Å². The average molecular weight is 260 g/mol. The van der Waals surface area contributed by atoms with E-state index >= 15 is 0 Å². The third kappa shape index (κ3) is 3.59. The molecule has 1 heterocycles. The van der Waals surface area contributed by atoms with Crippen LogP contribution in [0.3, 0.4) is 0 Å². The van der Waals surface area contributed by atoms with E-state index in [9.17, 15) is 0 Å². The van der Waals surface area contributed by atoms with Gasteiger partial charge in [0.2, 0.25) is 0 Å². The highest BCUT2D eigenvalue weighted by atomic mass is 16.5. The van der Waals surface area contributed by atoms with Gasteiger partial charge in [-0.1, -0.05) is 6.07 Å². The van der Waals surface area contributed by atoms with Gasteiger partial charge in [-0.15, -0.1) is 0 Å². The Morgan fingerprint density at radius 3 is 2.63 bits per heavy atom. The smallest absolute Gasteiger partial charge is 0.123 e. The number of nitrogens with zero attached hydrogens (tertiary/aromatic N) is 1. The van der Waals surface area contributed by atoms with Crippen LogP contribution in [0.4, 0.5) is 0 Å². The summed E-state index contributed by atoms with van der Waals surface area (Å²) < 4.78 is 10.3. The summed E-state index contributed by atoms with van der Waals surface area (Å²) in [5.41, 5.74) is 9.17. The molecule has 0 aliphatic heterocycles. The van der Waals surface area contributed by atoms with Gasteiger partial charge in [0, 0.05) is 30.8 Å². The zero-order chi connectivity index (χ0) is 13.7. The molecule has 2 aromatic rings. The molecule has 0 aliphatic carbocycles. The molecule has 0 aliphatic rings. The minimum Gasteiger partial charge on any atom is -0.496 e. The van der Waals surface area contributed by atoms with Crippen molar-refractivity contribution >= 4 is 0 Å². The van der Waals surface area contributed by atoms with Crippen molar-refractivity contribution in [2.24, 2.45) is 5.73 Å². The van der Waals surface area contributed by atoms with E-state index < -0.39 is 0 Å². The van der Waals surface area contributed by atoms with Crippen molar-refractivity contribution in [3.63, 3.8) is 0 Å². The molecule has 0 radical (unpaired) electrons. The van der Waals surface area contributed by atoms with Gasteiger partial charge in [-0.25, -0.2) is 0 Å². The zero-order valence-corrected chi connectivity index (χ0v) is 11.4. The van der Waals surface area contributed by atoms with Crippen LogP contribution in [0.5, 0.6) is 5.75 Å². The van der Waals surface area contributed by atoms with Crippen molar-refractivity contribution < 1.29 is 9.15 Å². The van der Waals surface area contributed by atoms with Crippen LogP contribution >= 0.6 is 0 Å². The molecular weight excluding hydrogens is 240 g/mol. The second-order valence-electron chi connectivity index (χ2n) is 4.65. The Kier molecular flexibility index (Phi) is 4.60. The highest BCUT2D eigenvalue weighted by molar-refractivity contribution is 5.37. The Morgan fingerprint density at radius 2 is 2.00 bits per heavy atom. The largest absolute Gasteiger partial charge is 0.496 e. The quantitative estimate of drug-likeness (QED) is 0.866. The van der Waals surface area contributed by atoms with Crippen molar-refractivity contribution in [2.75, 3.05) is 14.2 Å². The van der Waals surface area contributed by atoms with Gasteiger partial charge >= 0.3 is 0 Å². The van der Waals surface area contributed by atoms with Crippen molar-refractivity contribution in [1.82, 2.24) is 4.90 Å². The Labute approximate surface area is 113 Å². The van der Waals surface area contributed by atoms with E-state index in [1.807, 2.05) is 12.1 Å². The average Bonchev–Trinajstić information content (AvgIpc) is 2.91. The molecule has 0 fully saturated rings. The normalized spacial score (nSPS) is 10.9. The Balaban J connectivity index is 2.02. The van der Waals surface area contributed by atoms with E-state index in [-0.39, 0.29) is 0 Å². The number of hydrogen-bond donors (Lipinski definition) is 1. The predicted molar refractivity (Wildman–Crippen MR) is 74.8 cm³/mol. The van der Waals surface area contributed by atoms with Crippen LogP contribution in [0.15, 0.2) is 41.2 Å². The van der Waals surface area contributed by atoms with Gasteiger partial charge in [0.1, 0.15) is 5.75 Å². The molecule has 4 heteroatoms. The topological polar surface area (TPSA) is 51.6 Å². The highest BCUT2D eigenvalue weighted by Crippen LogP contribution is 2.20. The summed E-state index contributed by atoms with van der Waals surface area (Å²) in [6.45, 7) is 2.21. The maximum Gasteiger partial charge on any atom is 0.123 e. The minimum absolute atomic E-state index is 0.489. The van der Waals surface area contributed by atoms with Gasteiger partial charge < -0.3 is 14.9 Å². The van der Waals surface area contributed by atoms with Crippen molar-refractivity contribution in [1.29, 1.82) is 0 Å². The molecule has 0 spiro atoms. The lowest BCUT2D eigenvalue weighted by Gasteiger charge is -2.17. The molecule has 2 rings (SSSR count). The maximum absolute atomic E-state index is 5.73. The third-order valence-electron chi connectivity index (χ3n) is 3.05. The first-order valence-corrected chi connectivity index (χ1v) is 6.28. The SMILES string of the molecule is COc1ccc(CN(C)Cc2ccoc2)cc1CN. The molecule has 0 saturated heterocycles. The number of furan rings is 1. The number of hydrogen-bond acceptors (Lipinski definition) is 4. The van der Waals surface area contributed by atoms with Crippen LogP contribution in [-0.2, 0) is 19.6 Å². The van der Waals surface area contributed by atoms with E-state index in [0.29, 0.717) is 6.54 Å². The van der Waals surface area contributed by atoms with Gasteiger partial charge in [-0.2, -0.15) is 0 Å². The van der Waals surface area contributed by atoms with Crippen molar-refractivity contribution in [2.45, 2.75) is 19.6 Å². The summed E-state index contributed by atoms with van der Waals surface area (Å²) in [5.74, 6) is 0.851. The fourth-order valence-electron chi connectivity index (χ4n) is 2.15. The van der Waals surface area contributed by atoms with Crippen molar-refractivity contribution in [3.8, 4) is 5.75 Å². The number of ether oxygens (including phenoxy) is 1. The molecule has 102 valence electrons. The molecule has 0 unspecified atom stereocenters. The van der Waals surface area contributed by atoms with E-state index in [1.54, 1.807) is 19.6 Å². The summed E-state index contributed by atoms with van der Waals surface area (Å²) in [5, 5.41) is 0. The fourth-order valence-corrected chi connectivity index (χ4v) is 2.15. The van der Waals surface area contributed by atoms with Crippen molar-refractivity contribution in [3.05, 3.63) is 53.5 Å². The second kappa shape index (κ2) is 6.41. The fraction of sp³-hybridized carbons (Fsp3) is 0.333. The van der Waals surface area contributed by atoms with E-state index in [1.165, 1.54) is 11.1 Å². The Hall–Kier alpha value is -1.78. The molecule has 0 bridgehead atoms. The molecule has 2 N–H and O–H groups in total. The first kappa shape index (κ1) is 13.6. The first-order chi connectivity index (χ1) is 9.22. The lowest BCUT2D eigenvalue weighted by molar-refractivity contribution is 0.317. The number of rotatable bonds is 6. The Bertz CT molecular complexity index is 509. The lowest BCUT2D eigenvalue weighted by Crippen LogP contribution is -2.17. The van der Waals surface area contributed by atoms with Gasteiger partial charge in [-0.05, 0) is 30.8 Å². The minimum atomic E-state index is 0.489. The van der Waals surface area contributed by atoms with Crippen LogP contribution < -0.4 is 10.5 Å². The first-order valence-electron chi connectivity index (χ1n) is 6.28. The molecule has 0 amide bonds. The molecule has 1 aromatic carbocycles. The second-order valence-corrected chi connectivity index (χ2v) is 4.65. The lowest BCUT2D eigenvalue weighted by atomic mass is 10.1. The predicted octanol–water partition coefficient (Wildman–Crippen LogP) is 2.38. The molecule has 1 aromatic heterocycles. The van der Waals surface area contributed by atoms with E-state index in [4.69, 9.17) is 14.9 Å². The van der Waals surface area contributed by atoms with Gasteiger partial charge in [0.05, 0.1) is 19.6 Å². The summed E-state index contributed by atoms with van der Waals surface area (Å²) in [4.78, 5) is 2.23. The van der Waals surface area contributed by atoms with E-state index in [0.717, 1.165) is 24.4 Å². The van der Waals surface area contributed by atoms with E-state index in [2.05, 4.69) is 24.1 Å². The maximum atomic E-state index is 5.73. The van der Waals surface area contributed by atoms with Crippen LogP contribution in [0.25, 0.3) is 0 Å². The summed E-state index contributed by atoms with van der Waals surface area (Å²) in [6, 6.07) is 8.13. The molecule has 19 heavy (non-hydrogen) atoms. The highest BCUT2D eigenvalue weighted by Gasteiger charge is 2.06. The standard InChI is InChI=1S/C15H20N2O2/c1-17(10-13-5-6-19-11-13)9-12-3-4-15(18-2)14(7-12)8-16/h3-7,11H,8-10,16H2,1-2H3. The zero-order valence-electron chi connectivity index (χ0n) is 11.4. The van der Waals surface area contributed by atoms with Gasteiger partial charge in [-0.3, -0.25) is 4.90 Å². The summed E-state index contributed by atoms with van der Waals surface area (Å²) in [6.07, 6.45) is 3.47. The molecule has 4 nitrogen and oxygen atoms in total. The number of nitrogens with two attached hydrogens (primary N) is 1. The monoisotopic (exact) mass is 260 g/mol. The summed E-state index contributed by atoms with van der Waals surface area (Å²) in [7, 11) is 3.75. The van der Waals surface area contributed by atoms with Crippen LogP contribution in [0.2, 0.25) is 0 Å². The van der Waals surface area contributed by atoms with Gasteiger partial charge in [0.15, 0.2) is 0 Å². The van der Waals surface area contributed by atoms with Crippen LogP contribution in [-0.4, -0.2) is 19.1 Å².